The van der Waals surface area contributed by atoms with Gasteiger partial charge in [0, 0.05) is 24.7 Å². The smallest absolute Gasteiger partial charge is 0.121 e. The van der Waals surface area contributed by atoms with Crippen LogP contribution in [0.3, 0.4) is 0 Å². The average molecular weight is 196 g/mol. The second-order valence-electron chi connectivity index (χ2n) is 3.77. The van der Waals surface area contributed by atoms with Crippen LogP contribution in [-0.2, 0) is 16.9 Å². The number of ether oxygens (including phenoxy) is 1. The minimum atomic E-state index is -0.840. The molecule has 0 aromatic carbocycles. The fraction of sp³-hybridized carbons (Fsp3) is 0.700. The van der Waals surface area contributed by atoms with Crippen LogP contribution in [0.15, 0.2) is 12.4 Å². The number of nitrogens with zero attached hydrogens (tertiary/aromatic N) is 2. The fourth-order valence-corrected chi connectivity index (χ4v) is 1.87. The van der Waals surface area contributed by atoms with E-state index in [0.29, 0.717) is 13.0 Å². The zero-order valence-electron chi connectivity index (χ0n) is 8.60. The van der Waals surface area contributed by atoms with E-state index in [-0.39, 0.29) is 6.10 Å². The lowest BCUT2D eigenvalue weighted by Crippen LogP contribution is -2.32. The van der Waals surface area contributed by atoms with Crippen LogP contribution in [0.5, 0.6) is 0 Å². The molecule has 1 aromatic rings. The van der Waals surface area contributed by atoms with Crippen molar-refractivity contribution < 1.29 is 9.84 Å². The number of aryl methyl sites for hydroxylation is 1. The number of aliphatic hydroxyl groups is 1. The molecule has 2 rings (SSSR count). The Morgan fingerprint density at radius 2 is 2.57 bits per heavy atom. The van der Waals surface area contributed by atoms with Gasteiger partial charge in [0.2, 0.25) is 0 Å². The van der Waals surface area contributed by atoms with Crippen molar-refractivity contribution in [2.75, 3.05) is 6.61 Å². The van der Waals surface area contributed by atoms with Crippen LogP contribution >= 0.6 is 0 Å². The molecule has 1 saturated heterocycles. The molecule has 1 aliphatic heterocycles. The maximum atomic E-state index is 10.4. The van der Waals surface area contributed by atoms with Crippen molar-refractivity contribution in [2.45, 2.75) is 38.5 Å². The highest BCUT2D eigenvalue weighted by Crippen LogP contribution is 2.35. The summed E-state index contributed by atoms with van der Waals surface area (Å²) in [6.07, 6.45) is 4.14. The summed E-state index contributed by atoms with van der Waals surface area (Å²) < 4.78 is 7.20. The summed E-state index contributed by atoms with van der Waals surface area (Å²) in [6, 6.07) is 0. The maximum absolute atomic E-state index is 10.4. The van der Waals surface area contributed by atoms with E-state index in [4.69, 9.17) is 4.74 Å². The molecule has 1 aromatic heterocycles. The number of hydrogen-bond donors (Lipinski definition) is 1. The molecule has 0 aliphatic carbocycles. The van der Waals surface area contributed by atoms with Crippen molar-refractivity contribution in [3.05, 3.63) is 18.0 Å². The van der Waals surface area contributed by atoms with Gasteiger partial charge in [-0.05, 0) is 13.8 Å². The Balaban J connectivity index is 2.28. The standard InChI is InChI=1S/C10H16N2O2/c1-3-12-7-9(6-11-12)10(13)4-5-14-8(10)2/h6-8,13H,3-5H2,1-2H3. The molecule has 0 amide bonds. The molecular weight excluding hydrogens is 180 g/mol. The van der Waals surface area contributed by atoms with Crippen molar-refractivity contribution in [1.82, 2.24) is 9.78 Å². The molecule has 2 unspecified atom stereocenters. The highest BCUT2D eigenvalue weighted by molar-refractivity contribution is 5.18. The van der Waals surface area contributed by atoms with Crippen LogP contribution in [0.4, 0.5) is 0 Å². The Kier molecular flexibility index (Phi) is 2.33. The Bertz CT molecular complexity index is 324. The molecule has 14 heavy (non-hydrogen) atoms. The first-order chi connectivity index (χ1) is 6.66. The van der Waals surface area contributed by atoms with Gasteiger partial charge in [0.1, 0.15) is 5.60 Å². The van der Waals surface area contributed by atoms with Gasteiger partial charge in [-0.15, -0.1) is 0 Å². The minimum Gasteiger partial charge on any atom is -0.382 e. The number of rotatable bonds is 2. The van der Waals surface area contributed by atoms with E-state index >= 15 is 0 Å². The van der Waals surface area contributed by atoms with Gasteiger partial charge in [0.05, 0.1) is 18.9 Å². The fourth-order valence-electron chi connectivity index (χ4n) is 1.87. The van der Waals surface area contributed by atoms with Crippen molar-refractivity contribution in [2.24, 2.45) is 0 Å². The second kappa shape index (κ2) is 3.37. The van der Waals surface area contributed by atoms with E-state index in [1.165, 1.54) is 0 Å². The Hall–Kier alpha value is -0.870. The monoisotopic (exact) mass is 196 g/mol. The average Bonchev–Trinajstić information content (AvgIpc) is 2.75. The van der Waals surface area contributed by atoms with Crippen LogP contribution in [0.1, 0.15) is 25.8 Å². The highest BCUT2D eigenvalue weighted by atomic mass is 16.5. The van der Waals surface area contributed by atoms with Gasteiger partial charge in [-0.1, -0.05) is 0 Å². The lowest BCUT2D eigenvalue weighted by Gasteiger charge is -2.24. The zero-order valence-corrected chi connectivity index (χ0v) is 8.60. The van der Waals surface area contributed by atoms with Gasteiger partial charge in [0.25, 0.3) is 0 Å². The van der Waals surface area contributed by atoms with E-state index in [1.807, 2.05) is 24.7 Å². The molecule has 2 heterocycles. The van der Waals surface area contributed by atoms with Crippen LogP contribution < -0.4 is 0 Å². The first-order valence-corrected chi connectivity index (χ1v) is 5.03. The first-order valence-electron chi connectivity index (χ1n) is 5.03. The van der Waals surface area contributed by atoms with E-state index in [9.17, 15) is 5.11 Å². The highest BCUT2D eigenvalue weighted by Gasteiger charge is 2.41. The lowest BCUT2D eigenvalue weighted by atomic mass is 9.90. The lowest BCUT2D eigenvalue weighted by molar-refractivity contribution is -0.0317. The molecule has 1 N–H and O–H groups in total. The summed E-state index contributed by atoms with van der Waals surface area (Å²) in [5.74, 6) is 0. The summed E-state index contributed by atoms with van der Waals surface area (Å²) in [5.41, 5.74) is 0.0253. The van der Waals surface area contributed by atoms with Crippen molar-refractivity contribution in [3.63, 3.8) is 0 Å². The molecule has 0 spiro atoms. The molecule has 78 valence electrons. The quantitative estimate of drug-likeness (QED) is 0.764. The Morgan fingerprint density at radius 1 is 1.79 bits per heavy atom. The molecular formula is C10H16N2O2. The Morgan fingerprint density at radius 3 is 3.07 bits per heavy atom. The van der Waals surface area contributed by atoms with E-state index in [2.05, 4.69) is 5.10 Å². The molecule has 0 radical (unpaired) electrons. The maximum Gasteiger partial charge on any atom is 0.121 e. The number of hydrogen-bond acceptors (Lipinski definition) is 3. The first kappa shape index (κ1) is 9.68. The van der Waals surface area contributed by atoms with Gasteiger partial charge in [-0.25, -0.2) is 0 Å². The largest absolute Gasteiger partial charge is 0.382 e. The number of aromatic nitrogens is 2. The molecule has 1 aliphatic rings. The van der Waals surface area contributed by atoms with Crippen molar-refractivity contribution >= 4 is 0 Å². The predicted molar refractivity (Wildman–Crippen MR) is 51.8 cm³/mol. The minimum absolute atomic E-state index is 0.142. The predicted octanol–water partition coefficient (Wildman–Crippen LogP) is 0.899. The van der Waals surface area contributed by atoms with Gasteiger partial charge < -0.3 is 9.84 Å². The third kappa shape index (κ3) is 1.35. The molecule has 4 nitrogen and oxygen atoms in total. The summed E-state index contributed by atoms with van der Waals surface area (Å²) in [5, 5.41) is 14.5. The van der Waals surface area contributed by atoms with Crippen molar-refractivity contribution in [3.8, 4) is 0 Å². The van der Waals surface area contributed by atoms with Crippen LogP contribution in [0.2, 0.25) is 0 Å². The summed E-state index contributed by atoms with van der Waals surface area (Å²) in [7, 11) is 0. The SMILES string of the molecule is CCn1cc(C2(O)CCOC2C)cn1. The summed E-state index contributed by atoms with van der Waals surface area (Å²) in [4.78, 5) is 0. The summed E-state index contributed by atoms with van der Waals surface area (Å²) in [6.45, 7) is 5.37. The topological polar surface area (TPSA) is 47.3 Å². The molecule has 1 fully saturated rings. The van der Waals surface area contributed by atoms with E-state index < -0.39 is 5.60 Å². The molecule has 0 bridgehead atoms. The normalized spacial score (nSPS) is 32.4. The van der Waals surface area contributed by atoms with Gasteiger partial charge in [-0.3, -0.25) is 4.68 Å². The molecule has 2 atom stereocenters. The molecule has 0 saturated carbocycles. The zero-order chi connectivity index (χ0) is 10.2. The van der Waals surface area contributed by atoms with Crippen LogP contribution in [0.25, 0.3) is 0 Å². The third-order valence-corrected chi connectivity index (χ3v) is 2.98. The van der Waals surface area contributed by atoms with Gasteiger partial charge >= 0.3 is 0 Å². The van der Waals surface area contributed by atoms with Gasteiger partial charge in [-0.2, -0.15) is 5.10 Å². The van der Waals surface area contributed by atoms with Crippen LogP contribution in [0, 0.1) is 0 Å². The van der Waals surface area contributed by atoms with Crippen molar-refractivity contribution in [1.29, 1.82) is 0 Å². The van der Waals surface area contributed by atoms with Gasteiger partial charge in [0.15, 0.2) is 0 Å². The summed E-state index contributed by atoms with van der Waals surface area (Å²) >= 11 is 0. The third-order valence-electron chi connectivity index (χ3n) is 2.98. The van der Waals surface area contributed by atoms with E-state index in [0.717, 1.165) is 12.1 Å². The van der Waals surface area contributed by atoms with E-state index in [1.54, 1.807) is 6.20 Å². The molecule has 4 heteroatoms. The second-order valence-corrected chi connectivity index (χ2v) is 3.77. The van der Waals surface area contributed by atoms with Crippen LogP contribution in [-0.4, -0.2) is 27.6 Å². The Labute approximate surface area is 83.5 Å².